The van der Waals surface area contributed by atoms with Crippen LogP contribution in [-0.2, 0) is 24.9 Å². The Balaban J connectivity index is 1.44. The van der Waals surface area contributed by atoms with E-state index >= 15 is 0 Å². The molecular formula is C17H19N5O3. The highest BCUT2D eigenvalue weighted by Crippen LogP contribution is 2.24. The largest absolute Gasteiger partial charge is 0.472 e. The molecule has 0 spiro atoms. The molecule has 1 aliphatic rings. The molecule has 0 bridgehead atoms. The standard InChI is InChI=1S/C17H19N5O3/c1-21-5-2-3-14(21)17(23)18-7-12-8-22-15(11-25-9-12)16(19-20-22)13-4-6-24-10-13/h2-6,10,12H,7-9,11H2,1H3,(H,18,23). The number of amides is 1. The zero-order valence-corrected chi connectivity index (χ0v) is 13.9. The maximum atomic E-state index is 12.2. The van der Waals surface area contributed by atoms with Gasteiger partial charge in [-0.25, -0.2) is 4.68 Å². The molecule has 0 radical (unpaired) electrons. The molecule has 1 atom stereocenters. The fourth-order valence-electron chi connectivity index (χ4n) is 3.01. The number of ether oxygens (including phenoxy) is 1. The van der Waals surface area contributed by atoms with Gasteiger partial charge in [0.15, 0.2) is 0 Å². The molecule has 1 N–H and O–H groups in total. The second-order valence-electron chi connectivity index (χ2n) is 6.17. The molecule has 0 fully saturated rings. The number of carbonyl (C=O) groups is 1. The lowest BCUT2D eigenvalue weighted by Crippen LogP contribution is -2.33. The zero-order valence-electron chi connectivity index (χ0n) is 13.9. The van der Waals surface area contributed by atoms with Gasteiger partial charge in [-0.3, -0.25) is 4.79 Å². The Hall–Kier alpha value is -2.87. The number of rotatable bonds is 4. The minimum Gasteiger partial charge on any atom is -0.472 e. The number of aryl methyl sites for hydroxylation is 1. The number of carbonyl (C=O) groups excluding carboxylic acids is 1. The van der Waals surface area contributed by atoms with Crippen molar-refractivity contribution in [3.8, 4) is 11.3 Å². The molecule has 3 aromatic rings. The van der Waals surface area contributed by atoms with Gasteiger partial charge >= 0.3 is 0 Å². The van der Waals surface area contributed by atoms with Crippen molar-refractivity contribution in [1.82, 2.24) is 24.9 Å². The maximum absolute atomic E-state index is 12.2. The van der Waals surface area contributed by atoms with Gasteiger partial charge in [0.25, 0.3) is 5.91 Å². The summed E-state index contributed by atoms with van der Waals surface area (Å²) >= 11 is 0. The van der Waals surface area contributed by atoms with Gasteiger partial charge in [0, 0.05) is 37.8 Å². The van der Waals surface area contributed by atoms with Crippen molar-refractivity contribution in [2.45, 2.75) is 13.2 Å². The summed E-state index contributed by atoms with van der Waals surface area (Å²) in [7, 11) is 1.85. The highest BCUT2D eigenvalue weighted by Gasteiger charge is 2.23. The summed E-state index contributed by atoms with van der Waals surface area (Å²) in [6.07, 6.45) is 5.11. The van der Waals surface area contributed by atoms with Gasteiger partial charge in [0.05, 0.1) is 31.4 Å². The number of nitrogens with zero attached hydrogens (tertiary/aromatic N) is 4. The molecule has 1 unspecified atom stereocenters. The summed E-state index contributed by atoms with van der Waals surface area (Å²) in [5.74, 6) is 0.0408. The molecule has 130 valence electrons. The van der Waals surface area contributed by atoms with Crippen LogP contribution in [-0.4, -0.2) is 38.6 Å². The first-order valence-corrected chi connectivity index (χ1v) is 8.14. The van der Waals surface area contributed by atoms with E-state index < -0.39 is 0 Å². The van der Waals surface area contributed by atoms with E-state index in [2.05, 4.69) is 15.6 Å². The lowest BCUT2D eigenvalue weighted by Gasteiger charge is -2.15. The Morgan fingerprint density at radius 2 is 2.36 bits per heavy atom. The summed E-state index contributed by atoms with van der Waals surface area (Å²) in [4.78, 5) is 12.2. The highest BCUT2D eigenvalue weighted by molar-refractivity contribution is 5.92. The summed E-state index contributed by atoms with van der Waals surface area (Å²) < 4.78 is 14.6. The van der Waals surface area contributed by atoms with Gasteiger partial charge in [-0.05, 0) is 18.2 Å². The summed E-state index contributed by atoms with van der Waals surface area (Å²) in [5.41, 5.74) is 3.23. The van der Waals surface area contributed by atoms with Gasteiger partial charge in [-0.2, -0.15) is 0 Å². The van der Waals surface area contributed by atoms with Crippen molar-refractivity contribution < 1.29 is 13.9 Å². The van der Waals surface area contributed by atoms with Gasteiger partial charge < -0.3 is 19.0 Å². The number of hydrogen-bond acceptors (Lipinski definition) is 5. The highest BCUT2D eigenvalue weighted by atomic mass is 16.5. The monoisotopic (exact) mass is 341 g/mol. The van der Waals surface area contributed by atoms with Gasteiger partial charge in [0.1, 0.15) is 11.4 Å². The summed E-state index contributed by atoms with van der Waals surface area (Å²) in [5, 5.41) is 11.5. The number of hydrogen-bond donors (Lipinski definition) is 1. The topological polar surface area (TPSA) is 87.1 Å². The van der Waals surface area contributed by atoms with Crippen LogP contribution in [0.2, 0.25) is 0 Å². The molecule has 8 nitrogen and oxygen atoms in total. The summed E-state index contributed by atoms with van der Waals surface area (Å²) in [6.45, 7) is 2.16. The van der Waals surface area contributed by atoms with Crippen molar-refractivity contribution in [2.75, 3.05) is 13.2 Å². The van der Waals surface area contributed by atoms with Crippen LogP contribution in [0.4, 0.5) is 0 Å². The third kappa shape index (κ3) is 3.08. The van der Waals surface area contributed by atoms with Crippen LogP contribution < -0.4 is 5.32 Å². The predicted molar refractivity (Wildman–Crippen MR) is 88.6 cm³/mol. The Morgan fingerprint density at radius 3 is 3.12 bits per heavy atom. The second kappa shape index (κ2) is 6.56. The fourth-order valence-corrected chi connectivity index (χ4v) is 3.01. The van der Waals surface area contributed by atoms with Crippen LogP contribution in [0.1, 0.15) is 16.2 Å². The maximum Gasteiger partial charge on any atom is 0.267 e. The van der Waals surface area contributed by atoms with E-state index in [1.807, 2.05) is 30.1 Å². The van der Waals surface area contributed by atoms with Crippen molar-refractivity contribution in [3.63, 3.8) is 0 Å². The van der Waals surface area contributed by atoms with E-state index in [9.17, 15) is 4.79 Å². The SMILES string of the molecule is Cn1cccc1C(=O)NCC1COCc2c(-c3ccoc3)nnn2C1. The normalized spacial score (nSPS) is 17.1. The Morgan fingerprint density at radius 1 is 1.44 bits per heavy atom. The van der Waals surface area contributed by atoms with Crippen molar-refractivity contribution in [2.24, 2.45) is 13.0 Å². The van der Waals surface area contributed by atoms with E-state index in [4.69, 9.17) is 9.15 Å². The first kappa shape index (κ1) is 15.6. The Kier molecular flexibility index (Phi) is 4.10. The molecule has 8 heteroatoms. The molecule has 1 aliphatic heterocycles. The molecule has 4 heterocycles. The van der Waals surface area contributed by atoms with Crippen LogP contribution in [0.3, 0.4) is 0 Å². The van der Waals surface area contributed by atoms with Crippen molar-refractivity contribution in [1.29, 1.82) is 0 Å². The average Bonchev–Trinajstić information content (AvgIpc) is 3.32. The van der Waals surface area contributed by atoms with Crippen molar-refractivity contribution in [3.05, 3.63) is 48.3 Å². The Labute approximate surface area is 144 Å². The molecule has 0 aromatic carbocycles. The number of aromatic nitrogens is 4. The molecule has 4 rings (SSSR count). The molecule has 25 heavy (non-hydrogen) atoms. The third-order valence-corrected chi connectivity index (χ3v) is 4.38. The van der Waals surface area contributed by atoms with Crippen LogP contribution in [0.25, 0.3) is 11.3 Å². The van der Waals surface area contributed by atoms with Crippen LogP contribution in [0, 0.1) is 5.92 Å². The van der Waals surface area contributed by atoms with Crippen LogP contribution in [0.5, 0.6) is 0 Å². The third-order valence-electron chi connectivity index (χ3n) is 4.38. The lowest BCUT2D eigenvalue weighted by molar-refractivity contribution is 0.0847. The Bertz CT molecular complexity index is 865. The molecule has 1 amide bonds. The number of nitrogens with one attached hydrogen (secondary N) is 1. The second-order valence-corrected chi connectivity index (χ2v) is 6.17. The summed E-state index contributed by atoms with van der Waals surface area (Å²) in [6, 6.07) is 5.50. The smallest absolute Gasteiger partial charge is 0.267 e. The minimum atomic E-state index is -0.0883. The molecule has 3 aromatic heterocycles. The van der Waals surface area contributed by atoms with E-state index in [1.54, 1.807) is 23.2 Å². The van der Waals surface area contributed by atoms with Crippen LogP contribution >= 0.6 is 0 Å². The van der Waals surface area contributed by atoms with E-state index in [1.165, 1.54) is 0 Å². The van der Waals surface area contributed by atoms with Crippen LogP contribution in [0.15, 0.2) is 41.3 Å². The average molecular weight is 341 g/mol. The minimum absolute atomic E-state index is 0.0883. The number of furan rings is 1. The molecular weight excluding hydrogens is 322 g/mol. The quantitative estimate of drug-likeness (QED) is 0.776. The van der Waals surface area contributed by atoms with Crippen molar-refractivity contribution >= 4 is 5.91 Å². The van der Waals surface area contributed by atoms with E-state index in [0.29, 0.717) is 32.0 Å². The first-order chi connectivity index (χ1) is 12.2. The fraction of sp³-hybridized carbons (Fsp3) is 0.353. The molecule has 0 aliphatic carbocycles. The molecule has 0 saturated heterocycles. The lowest BCUT2D eigenvalue weighted by atomic mass is 10.1. The van der Waals surface area contributed by atoms with Gasteiger partial charge in [-0.1, -0.05) is 5.21 Å². The van der Waals surface area contributed by atoms with Gasteiger partial charge in [-0.15, -0.1) is 5.10 Å². The number of fused-ring (bicyclic) bond motifs is 1. The zero-order chi connectivity index (χ0) is 17.2. The van der Waals surface area contributed by atoms with E-state index in [0.717, 1.165) is 17.0 Å². The van der Waals surface area contributed by atoms with Gasteiger partial charge in [0.2, 0.25) is 0 Å². The predicted octanol–water partition coefficient (Wildman–Crippen LogP) is 1.45. The molecule has 0 saturated carbocycles. The first-order valence-electron chi connectivity index (χ1n) is 8.14. The van der Waals surface area contributed by atoms with E-state index in [-0.39, 0.29) is 11.8 Å².